The summed E-state index contributed by atoms with van der Waals surface area (Å²) in [5.41, 5.74) is 2.65. The van der Waals surface area contributed by atoms with Gasteiger partial charge >= 0.3 is 0 Å². The predicted molar refractivity (Wildman–Crippen MR) is 118 cm³/mol. The Kier molecular flexibility index (Phi) is 5.23. The van der Waals surface area contributed by atoms with Gasteiger partial charge < -0.3 is 14.5 Å². The van der Waals surface area contributed by atoms with Crippen LogP contribution in [0.25, 0.3) is 28.1 Å². The molecule has 8 nitrogen and oxygen atoms in total. The maximum atomic E-state index is 12.7. The van der Waals surface area contributed by atoms with Gasteiger partial charge in [-0.1, -0.05) is 19.8 Å². The minimum atomic E-state index is -0.109. The Morgan fingerprint density at radius 3 is 3.06 bits per heavy atom. The molecule has 1 aliphatic carbocycles. The largest absolute Gasteiger partial charge is 0.480 e. The van der Waals surface area contributed by atoms with Gasteiger partial charge in [0, 0.05) is 23.9 Å². The number of hydrogen-bond acceptors (Lipinski definition) is 6. The van der Waals surface area contributed by atoms with Crippen molar-refractivity contribution in [3.63, 3.8) is 0 Å². The van der Waals surface area contributed by atoms with E-state index in [-0.39, 0.29) is 5.56 Å². The molecule has 5 rings (SSSR count). The first-order valence-corrected chi connectivity index (χ1v) is 10.9. The second-order valence-electron chi connectivity index (χ2n) is 8.20. The zero-order valence-electron chi connectivity index (χ0n) is 17.9. The maximum Gasteiger partial charge on any atom is 0.266 e. The molecule has 0 amide bonds. The number of nitrogens with zero attached hydrogens (tertiary/aromatic N) is 3. The Hall–Kier alpha value is -3.13. The van der Waals surface area contributed by atoms with E-state index in [1.54, 1.807) is 30.1 Å². The van der Waals surface area contributed by atoms with Crippen molar-refractivity contribution < 1.29 is 9.15 Å². The van der Waals surface area contributed by atoms with Crippen LogP contribution >= 0.6 is 0 Å². The van der Waals surface area contributed by atoms with Crippen LogP contribution in [0.1, 0.15) is 38.2 Å². The number of fused-ring (bicyclic) bond motifs is 2. The van der Waals surface area contributed by atoms with Gasteiger partial charge in [-0.15, -0.1) is 0 Å². The number of rotatable bonds is 7. The summed E-state index contributed by atoms with van der Waals surface area (Å²) in [6, 6.07) is 6.07. The Bertz CT molecular complexity index is 1270. The Balaban J connectivity index is 1.39. The van der Waals surface area contributed by atoms with Gasteiger partial charge in [0.2, 0.25) is 5.88 Å². The molecule has 1 aliphatic rings. The minimum absolute atomic E-state index is 0.109. The van der Waals surface area contributed by atoms with Crippen LogP contribution < -0.4 is 15.6 Å². The van der Waals surface area contributed by atoms with Gasteiger partial charge in [0.1, 0.15) is 11.3 Å². The average Bonchev–Trinajstić information content (AvgIpc) is 3.50. The molecule has 1 unspecified atom stereocenters. The highest BCUT2D eigenvalue weighted by molar-refractivity contribution is 5.86. The van der Waals surface area contributed by atoms with E-state index in [4.69, 9.17) is 9.15 Å². The van der Waals surface area contributed by atoms with Crippen LogP contribution in [0.15, 0.2) is 39.8 Å². The van der Waals surface area contributed by atoms with Crippen LogP contribution in [0, 0.1) is 5.92 Å². The van der Waals surface area contributed by atoms with E-state index in [2.05, 4.69) is 27.3 Å². The topological polar surface area (TPSA) is 97.4 Å². The molecule has 0 aliphatic heterocycles. The third-order valence-electron chi connectivity index (χ3n) is 6.44. The molecule has 4 aromatic heterocycles. The van der Waals surface area contributed by atoms with E-state index in [0.29, 0.717) is 41.0 Å². The summed E-state index contributed by atoms with van der Waals surface area (Å²) in [5, 5.41) is 7.37. The Morgan fingerprint density at radius 1 is 1.32 bits per heavy atom. The molecule has 4 heterocycles. The second-order valence-corrected chi connectivity index (χ2v) is 8.20. The standard InChI is InChI=1S/C23H27N5O3/c1-3-14-5-4-6-17(14)24-9-7-15-11-21-26-13-18(28(21)27-22(15)29)20-12-16-19(31-20)8-10-25-23(16)30-2/h8,10-14,17,24H,3-7,9H2,1-2H3,(H,27,29)/t14?,17-/m0/s1. The van der Waals surface area contributed by atoms with Crippen molar-refractivity contribution in [3.8, 4) is 17.3 Å². The Labute approximate surface area is 179 Å². The van der Waals surface area contributed by atoms with Gasteiger partial charge in [-0.3, -0.25) is 9.89 Å². The molecule has 0 radical (unpaired) electrons. The Morgan fingerprint density at radius 2 is 2.23 bits per heavy atom. The molecule has 0 bridgehead atoms. The lowest BCUT2D eigenvalue weighted by Gasteiger charge is -2.19. The summed E-state index contributed by atoms with van der Waals surface area (Å²) >= 11 is 0. The first-order chi connectivity index (χ1) is 15.2. The van der Waals surface area contributed by atoms with Crippen LogP contribution in [0.4, 0.5) is 0 Å². The predicted octanol–water partition coefficient (Wildman–Crippen LogP) is 3.55. The molecular weight excluding hydrogens is 394 g/mol. The number of imidazole rings is 1. The average molecular weight is 422 g/mol. The van der Waals surface area contributed by atoms with Crippen molar-refractivity contribution in [2.24, 2.45) is 5.92 Å². The summed E-state index contributed by atoms with van der Waals surface area (Å²) in [6.07, 6.45) is 9.06. The van der Waals surface area contributed by atoms with Crippen molar-refractivity contribution in [2.45, 2.75) is 45.1 Å². The minimum Gasteiger partial charge on any atom is -0.480 e. The molecule has 0 aromatic carbocycles. The monoisotopic (exact) mass is 421 g/mol. The number of furan rings is 1. The van der Waals surface area contributed by atoms with E-state index in [1.807, 2.05) is 12.1 Å². The fourth-order valence-corrected chi connectivity index (χ4v) is 4.75. The molecule has 1 fully saturated rings. The number of H-pyrrole nitrogens is 1. The highest BCUT2D eigenvalue weighted by Crippen LogP contribution is 2.32. The summed E-state index contributed by atoms with van der Waals surface area (Å²) in [7, 11) is 1.58. The number of hydrogen-bond donors (Lipinski definition) is 2. The normalized spacial score (nSPS) is 18.9. The van der Waals surface area contributed by atoms with Crippen LogP contribution in [0.2, 0.25) is 0 Å². The van der Waals surface area contributed by atoms with Crippen molar-refractivity contribution in [1.29, 1.82) is 0 Å². The maximum absolute atomic E-state index is 12.7. The van der Waals surface area contributed by atoms with Crippen LogP contribution in [0.3, 0.4) is 0 Å². The molecular formula is C23H27N5O3. The highest BCUT2D eigenvalue weighted by atomic mass is 16.5. The fourth-order valence-electron chi connectivity index (χ4n) is 4.75. The number of ether oxygens (including phenoxy) is 1. The SMILES string of the molecule is CCC1CCC[C@@H]1NCCc1cc2ncc(-c3cc4c(OC)nccc4o3)n2[nH]c1=O. The van der Waals surface area contributed by atoms with Gasteiger partial charge in [-0.05, 0) is 43.9 Å². The zero-order chi connectivity index (χ0) is 21.4. The van der Waals surface area contributed by atoms with Gasteiger partial charge in [0.05, 0.1) is 18.7 Å². The molecule has 4 aromatic rings. The molecule has 2 N–H and O–H groups in total. The summed E-state index contributed by atoms with van der Waals surface area (Å²) in [6.45, 7) is 3.05. The van der Waals surface area contributed by atoms with E-state index in [0.717, 1.165) is 23.4 Å². The lowest BCUT2D eigenvalue weighted by molar-refractivity contribution is 0.393. The molecule has 1 saturated carbocycles. The van der Waals surface area contributed by atoms with Gasteiger partial charge in [0.25, 0.3) is 5.56 Å². The number of aromatic amines is 1. The quantitative estimate of drug-likeness (QED) is 0.474. The molecule has 0 spiro atoms. The lowest BCUT2D eigenvalue weighted by atomic mass is 10.0. The molecule has 162 valence electrons. The van der Waals surface area contributed by atoms with E-state index >= 15 is 0 Å². The third-order valence-corrected chi connectivity index (χ3v) is 6.44. The number of aromatic nitrogens is 4. The van der Waals surface area contributed by atoms with E-state index < -0.39 is 0 Å². The van der Waals surface area contributed by atoms with Crippen LogP contribution in [-0.2, 0) is 6.42 Å². The first-order valence-electron chi connectivity index (χ1n) is 10.9. The van der Waals surface area contributed by atoms with Crippen molar-refractivity contribution >= 4 is 16.6 Å². The summed E-state index contributed by atoms with van der Waals surface area (Å²) in [5.74, 6) is 1.84. The third kappa shape index (κ3) is 3.61. The van der Waals surface area contributed by atoms with Gasteiger partial charge in [0.15, 0.2) is 11.4 Å². The van der Waals surface area contributed by atoms with Crippen molar-refractivity contribution in [3.05, 3.63) is 46.5 Å². The first kappa shape index (κ1) is 19.8. The second kappa shape index (κ2) is 8.19. The van der Waals surface area contributed by atoms with Gasteiger partial charge in [-0.2, -0.15) is 0 Å². The van der Waals surface area contributed by atoms with Crippen LogP contribution in [0.5, 0.6) is 5.88 Å². The number of nitrogens with one attached hydrogen (secondary N) is 2. The van der Waals surface area contributed by atoms with E-state index in [1.165, 1.54) is 25.7 Å². The fraction of sp³-hybridized carbons (Fsp3) is 0.435. The highest BCUT2D eigenvalue weighted by Gasteiger charge is 2.25. The number of methoxy groups -OCH3 is 1. The van der Waals surface area contributed by atoms with Crippen molar-refractivity contribution in [1.82, 2.24) is 24.9 Å². The van der Waals surface area contributed by atoms with E-state index in [9.17, 15) is 4.79 Å². The van der Waals surface area contributed by atoms with Gasteiger partial charge in [-0.25, -0.2) is 14.5 Å². The molecule has 0 saturated heterocycles. The zero-order valence-corrected chi connectivity index (χ0v) is 17.9. The lowest BCUT2D eigenvalue weighted by Crippen LogP contribution is -2.34. The molecule has 8 heteroatoms. The smallest absolute Gasteiger partial charge is 0.266 e. The number of pyridine rings is 1. The molecule has 31 heavy (non-hydrogen) atoms. The van der Waals surface area contributed by atoms with Crippen molar-refractivity contribution in [2.75, 3.05) is 13.7 Å². The molecule has 2 atom stereocenters. The summed E-state index contributed by atoms with van der Waals surface area (Å²) < 4.78 is 12.9. The van der Waals surface area contributed by atoms with Crippen LogP contribution in [-0.4, -0.2) is 39.3 Å². The summed E-state index contributed by atoms with van der Waals surface area (Å²) in [4.78, 5) is 21.4.